The molecule has 0 aromatic heterocycles. The number of amides is 1. The maximum Gasteiger partial charge on any atom is 0.244 e. The molecule has 158 valence electrons. The van der Waals surface area contributed by atoms with E-state index < -0.39 is 5.41 Å². The van der Waals surface area contributed by atoms with Gasteiger partial charge in [0.25, 0.3) is 0 Å². The molecule has 0 bridgehead atoms. The lowest BCUT2D eigenvalue weighted by Gasteiger charge is -2.34. The molecule has 4 aromatic carbocycles. The van der Waals surface area contributed by atoms with Crippen molar-refractivity contribution < 1.29 is 14.3 Å². The first-order valence-electron chi connectivity index (χ1n) is 10.7. The second-order valence-corrected chi connectivity index (χ2v) is 7.66. The molecule has 32 heavy (non-hydrogen) atoms. The SMILES string of the molecule is O=C(Nc1ccc2c(c1)OCCO2)C(c1ccccc1)(c1ccccc1)c1ccccc1. The van der Waals surface area contributed by atoms with Crippen LogP contribution in [0.1, 0.15) is 16.7 Å². The van der Waals surface area contributed by atoms with E-state index in [9.17, 15) is 4.79 Å². The summed E-state index contributed by atoms with van der Waals surface area (Å²) < 4.78 is 11.3. The topological polar surface area (TPSA) is 47.6 Å². The Labute approximate surface area is 187 Å². The van der Waals surface area contributed by atoms with E-state index in [-0.39, 0.29) is 5.91 Å². The first kappa shape index (κ1) is 19.9. The average molecular weight is 421 g/mol. The molecule has 0 atom stereocenters. The maximum absolute atomic E-state index is 14.2. The van der Waals surface area contributed by atoms with Gasteiger partial charge < -0.3 is 14.8 Å². The molecular formula is C28H23NO3. The molecule has 0 unspecified atom stereocenters. The fraction of sp³-hybridized carbons (Fsp3) is 0.107. The van der Waals surface area contributed by atoms with Gasteiger partial charge in [-0.2, -0.15) is 0 Å². The highest BCUT2D eigenvalue weighted by Gasteiger charge is 2.43. The molecule has 0 saturated carbocycles. The lowest BCUT2D eigenvalue weighted by Crippen LogP contribution is -2.42. The van der Waals surface area contributed by atoms with Crippen LogP contribution < -0.4 is 14.8 Å². The lowest BCUT2D eigenvalue weighted by molar-refractivity contribution is -0.119. The van der Waals surface area contributed by atoms with Crippen molar-refractivity contribution in [1.29, 1.82) is 0 Å². The van der Waals surface area contributed by atoms with Gasteiger partial charge in [-0.25, -0.2) is 0 Å². The van der Waals surface area contributed by atoms with Gasteiger partial charge >= 0.3 is 0 Å². The summed E-state index contributed by atoms with van der Waals surface area (Å²) in [6.45, 7) is 1.02. The van der Waals surface area contributed by atoms with Crippen LogP contribution in [0, 0.1) is 0 Å². The van der Waals surface area contributed by atoms with E-state index in [0.29, 0.717) is 30.4 Å². The number of fused-ring (bicyclic) bond motifs is 1. The number of nitrogens with one attached hydrogen (secondary N) is 1. The minimum absolute atomic E-state index is 0.141. The van der Waals surface area contributed by atoms with E-state index >= 15 is 0 Å². The zero-order chi connectivity index (χ0) is 21.8. The molecular weight excluding hydrogens is 398 g/mol. The molecule has 1 aliphatic heterocycles. The summed E-state index contributed by atoms with van der Waals surface area (Å²) in [6.07, 6.45) is 0. The number of hydrogen-bond donors (Lipinski definition) is 1. The van der Waals surface area contributed by atoms with Crippen molar-refractivity contribution in [3.63, 3.8) is 0 Å². The molecule has 1 aliphatic rings. The van der Waals surface area contributed by atoms with Crippen LogP contribution in [0.2, 0.25) is 0 Å². The van der Waals surface area contributed by atoms with Crippen LogP contribution in [0.15, 0.2) is 109 Å². The number of anilines is 1. The van der Waals surface area contributed by atoms with Crippen molar-refractivity contribution >= 4 is 11.6 Å². The number of ether oxygens (including phenoxy) is 2. The fourth-order valence-electron chi connectivity index (χ4n) is 4.30. The quantitative estimate of drug-likeness (QED) is 0.437. The van der Waals surface area contributed by atoms with Crippen LogP contribution in [0.4, 0.5) is 5.69 Å². The third kappa shape index (κ3) is 3.50. The minimum Gasteiger partial charge on any atom is -0.486 e. The Kier molecular flexibility index (Phi) is 5.34. The highest BCUT2D eigenvalue weighted by molar-refractivity contribution is 6.05. The number of carbonyl (C=O) groups excluding carboxylic acids is 1. The Morgan fingerprint density at radius 3 is 1.59 bits per heavy atom. The van der Waals surface area contributed by atoms with Crippen LogP contribution in [-0.4, -0.2) is 19.1 Å². The highest BCUT2D eigenvalue weighted by Crippen LogP contribution is 2.41. The van der Waals surface area contributed by atoms with Crippen molar-refractivity contribution in [2.24, 2.45) is 0 Å². The second kappa shape index (κ2) is 8.60. The summed E-state index contributed by atoms with van der Waals surface area (Å²) in [7, 11) is 0. The van der Waals surface area contributed by atoms with Crippen molar-refractivity contribution in [3.05, 3.63) is 126 Å². The van der Waals surface area contributed by atoms with E-state index in [1.165, 1.54) is 0 Å². The third-order valence-corrected chi connectivity index (χ3v) is 5.76. The summed E-state index contributed by atoms with van der Waals surface area (Å²) >= 11 is 0. The monoisotopic (exact) mass is 421 g/mol. The van der Waals surface area contributed by atoms with Crippen molar-refractivity contribution in [2.45, 2.75) is 5.41 Å². The van der Waals surface area contributed by atoms with E-state index in [4.69, 9.17) is 9.47 Å². The number of carbonyl (C=O) groups is 1. The maximum atomic E-state index is 14.2. The molecule has 5 rings (SSSR count). The minimum atomic E-state index is -1.03. The van der Waals surface area contributed by atoms with E-state index in [1.54, 1.807) is 0 Å². The molecule has 4 nitrogen and oxygen atoms in total. The predicted molar refractivity (Wildman–Crippen MR) is 125 cm³/mol. The Morgan fingerprint density at radius 2 is 1.09 bits per heavy atom. The normalized spacial score (nSPS) is 12.8. The Balaban J connectivity index is 1.66. The number of hydrogen-bond acceptors (Lipinski definition) is 3. The molecule has 4 heteroatoms. The van der Waals surface area contributed by atoms with Gasteiger partial charge in [0.1, 0.15) is 18.6 Å². The van der Waals surface area contributed by atoms with Gasteiger partial charge in [-0.15, -0.1) is 0 Å². The van der Waals surface area contributed by atoms with E-state index in [2.05, 4.69) is 5.32 Å². The van der Waals surface area contributed by atoms with Gasteiger partial charge in [-0.1, -0.05) is 91.0 Å². The molecule has 1 N–H and O–H groups in total. The zero-order valence-corrected chi connectivity index (χ0v) is 17.5. The third-order valence-electron chi connectivity index (χ3n) is 5.76. The van der Waals surface area contributed by atoms with E-state index in [1.807, 2.05) is 109 Å². The Morgan fingerprint density at radius 1 is 0.625 bits per heavy atom. The van der Waals surface area contributed by atoms with Crippen molar-refractivity contribution in [1.82, 2.24) is 0 Å². The zero-order valence-electron chi connectivity index (χ0n) is 17.5. The standard InChI is InChI=1S/C28H23NO3/c30-27(29-24-16-17-25-26(20-24)32-19-18-31-25)28(21-10-4-1-5-11-21,22-12-6-2-7-13-22)23-14-8-3-9-15-23/h1-17,20H,18-19H2,(H,29,30). The smallest absolute Gasteiger partial charge is 0.244 e. The van der Waals surface area contributed by atoms with Crippen molar-refractivity contribution in [2.75, 3.05) is 18.5 Å². The van der Waals surface area contributed by atoms with Gasteiger partial charge in [-0.3, -0.25) is 4.79 Å². The molecule has 1 heterocycles. The molecule has 0 radical (unpaired) electrons. The van der Waals surface area contributed by atoms with Crippen LogP contribution >= 0.6 is 0 Å². The van der Waals surface area contributed by atoms with Crippen LogP contribution in [-0.2, 0) is 10.2 Å². The summed E-state index contributed by atoms with van der Waals surface area (Å²) in [5.74, 6) is 1.19. The molecule has 0 fully saturated rings. The Bertz CT molecular complexity index is 1110. The lowest BCUT2D eigenvalue weighted by atomic mass is 9.68. The predicted octanol–water partition coefficient (Wildman–Crippen LogP) is 5.43. The van der Waals surface area contributed by atoms with Gasteiger partial charge in [0.15, 0.2) is 11.5 Å². The van der Waals surface area contributed by atoms with Gasteiger partial charge in [-0.05, 0) is 28.8 Å². The van der Waals surface area contributed by atoms with E-state index in [0.717, 1.165) is 16.7 Å². The Hall–Kier alpha value is -4.05. The molecule has 0 saturated heterocycles. The summed E-state index contributed by atoms with van der Waals surface area (Å²) in [6, 6.07) is 35.2. The average Bonchev–Trinajstić information content (AvgIpc) is 2.86. The second-order valence-electron chi connectivity index (χ2n) is 7.66. The highest BCUT2D eigenvalue weighted by atomic mass is 16.6. The summed E-state index contributed by atoms with van der Waals surface area (Å²) in [4.78, 5) is 14.2. The largest absolute Gasteiger partial charge is 0.486 e. The molecule has 0 aliphatic carbocycles. The first-order chi connectivity index (χ1) is 15.8. The van der Waals surface area contributed by atoms with Gasteiger partial charge in [0.2, 0.25) is 5.91 Å². The fourth-order valence-corrected chi connectivity index (χ4v) is 4.30. The van der Waals surface area contributed by atoms with Crippen LogP contribution in [0.25, 0.3) is 0 Å². The van der Waals surface area contributed by atoms with Crippen LogP contribution in [0.3, 0.4) is 0 Å². The summed E-state index contributed by atoms with van der Waals surface area (Å²) in [5, 5.41) is 3.15. The summed E-state index contributed by atoms with van der Waals surface area (Å²) in [5.41, 5.74) is 2.32. The molecule has 0 spiro atoms. The number of benzene rings is 4. The first-order valence-corrected chi connectivity index (χ1v) is 10.7. The van der Waals surface area contributed by atoms with Gasteiger partial charge in [0, 0.05) is 11.8 Å². The van der Waals surface area contributed by atoms with Gasteiger partial charge in [0.05, 0.1) is 0 Å². The van der Waals surface area contributed by atoms with Crippen LogP contribution in [0.5, 0.6) is 11.5 Å². The molecule has 1 amide bonds. The van der Waals surface area contributed by atoms with Crippen molar-refractivity contribution in [3.8, 4) is 11.5 Å². The molecule has 4 aromatic rings. The number of rotatable bonds is 5.